The molecule has 54 heavy (non-hydrogen) atoms. The molecule has 0 aliphatic carbocycles. The van der Waals surface area contributed by atoms with Gasteiger partial charge in [-0.3, -0.25) is 19.2 Å². The number of hydrogen-bond acceptors (Lipinski definition) is 11. The number of aromatic hydroxyl groups is 1. The van der Waals surface area contributed by atoms with E-state index in [9.17, 15) is 38.2 Å². The third-order valence-electron chi connectivity index (χ3n) is 7.81. The van der Waals surface area contributed by atoms with Crippen molar-refractivity contribution in [2.45, 2.75) is 19.1 Å². The average Bonchev–Trinajstić information content (AvgIpc) is 3.87. The number of ether oxygens (including phenoxy) is 1. The van der Waals surface area contributed by atoms with Crippen LogP contribution in [0.15, 0.2) is 155 Å². The number of carbonyl (C=O) groups is 2. The number of benzene rings is 3. The number of hydrogen-bond donors (Lipinski definition) is 2. The van der Waals surface area contributed by atoms with Gasteiger partial charge in [0.15, 0.2) is 11.5 Å². The van der Waals surface area contributed by atoms with E-state index in [0.717, 1.165) is 35.8 Å². The van der Waals surface area contributed by atoms with Crippen molar-refractivity contribution in [1.29, 1.82) is 0 Å². The molecular formula is C41H28F2O11. The highest BCUT2D eigenvalue weighted by molar-refractivity contribution is 6.07. The van der Waals surface area contributed by atoms with E-state index in [-0.39, 0.29) is 41.2 Å². The molecule has 3 aromatic carbocycles. The molecule has 0 amide bonds. The molecule has 7 aromatic rings. The summed E-state index contributed by atoms with van der Waals surface area (Å²) in [5, 5.41) is 20.0. The predicted molar refractivity (Wildman–Crippen MR) is 186 cm³/mol. The van der Waals surface area contributed by atoms with Crippen LogP contribution in [0.2, 0.25) is 0 Å². The second kappa shape index (κ2) is 16.5. The zero-order valence-electron chi connectivity index (χ0n) is 27.9. The van der Waals surface area contributed by atoms with Crippen LogP contribution in [0.3, 0.4) is 0 Å². The summed E-state index contributed by atoms with van der Waals surface area (Å²) < 4.78 is 52.6. The van der Waals surface area contributed by atoms with Crippen LogP contribution in [0.5, 0.6) is 11.5 Å². The predicted octanol–water partition coefficient (Wildman–Crippen LogP) is 7.16. The Kier molecular flexibility index (Phi) is 11.2. The number of rotatable bonds is 11. The summed E-state index contributed by atoms with van der Waals surface area (Å²) in [6, 6.07) is 28.3. The van der Waals surface area contributed by atoms with E-state index in [2.05, 4.69) is 0 Å². The van der Waals surface area contributed by atoms with Crippen LogP contribution in [-0.4, -0.2) is 21.8 Å². The average molecular weight is 735 g/mol. The molecular weight excluding hydrogens is 706 g/mol. The van der Waals surface area contributed by atoms with Gasteiger partial charge in [-0.1, -0.05) is 54.6 Å². The second-order valence-electron chi connectivity index (χ2n) is 11.6. The van der Waals surface area contributed by atoms with E-state index >= 15 is 0 Å². The molecule has 4 heterocycles. The lowest BCUT2D eigenvalue weighted by atomic mass is 10.1. The van der Waals surface area contributed by atoms with Gasteiger partial charge in [-0.15, -0.1) is 0 Å². The smallest absolute Gasteiger partial charge is 0.267 e. The number of aliphatic hydroxyl groups excluding tert-OH is 1. The molecule has 0 saturated carbocycles. The van der Waals surface area contributed by atoms with Gasteiger partial charge < -0.3 is 32.6 Å². The van der Waals surface area contributed by atoms with E-state index in [1.54, 1.807) is 18.2 Å². The minimum Gasteiger partial charge on any atom is -0.501 e. The Morgan fingerprint density at radius 2 is 1.24 bits per heavy atom. The molecule has 7 rings (SSSR count). The lowest BCUT2D eigenvalue weighted by Crippen LogP contribution is -2.13. The first-order valence-electron chi connectivity index (χ1n) is 16.1. The third-order valence-corrected chi connectivity index (χ3v) is 7.81. The molecule has 0 spiro atoms. The standard InChI is InChI=1S/C24H17FO6.C17H11FO5/c25-17-8-6-16(7-9-17)21(27)19-10-11-20(31-19)22(28)24-23(18(26)12-13-29-24)30-14-15-4-2-1-3-5-15;18-11-3-1-10(2-4-11)9-12-5-6-14(23-12)16(21)17-15(20)13(19)7-8-22-17/h1-13,21,27H,14H2;1-8,20H,9H2. The van der Waals surface area contributed by atoms with Gasteiger partial charge in [0, 0.05) is 18.6 Å². The first-order chi connectivity index (χ1) is 26.1. The summed E-state index contributed by atoms with van der Waals surface area (Å²) in [4.78, 5) is 48.7. The van der Waals surface area contributed by atoms with Crippen molar-refractivity contribution < 1.29 is 51.0 Å². The van der Waals surface area contributed by atoms with E-state index in [4.69, 9.17) is 22.4 Å². The highest BCUT2D eigenvalue weighted by Crippen LogP contribution is 2.27. The van der Waals surface area contributed by atoms with Crippen LogP contribution in [0, 0.1) is 11.6 Å². The van der Waals surface area contributed by atoms with E-state index in [1.807, 2.05) is 30.3 Å². The first-order valence-corrected chi connectivity index (χ1v) is 16.1. The van der Waals surface area contributed by atoms with Gasteiger partial charge in [-0.25, -0.2) is 8.78 Å². The molecule has 11 nitrogen and oxygen atoms in total. The molecule has 272 valence electrons. The van der Waals surface area contributed by atoms with Crippen molar-refractivity contribution >= 4 is 11.6 Å². The van der Waals surface area contributed by atoms with Gasteiger partial charge >= 0.3 is 0 Å². The maximum atomic E-state index is 13.1. The van der Waals surface area contributed by atoms with Crippen LogP contribution in [0.25, 0.3) is 0 Å². The first kappa shape index (κ1) is 36.7. The fourth-order valence-corrected chi connectivity index (χ4v) is 5.05. The zero-order chi connectivity index (χ0) is 38.2. The number of ketones is 2. The maximum Gasteiger partial charge on any atom is 0.267 e. The normalized spacial score (nSPS) is 11.3. The number of aliphatic hydroxyl groups is 1. The number of carbonyl (C=O) groups excluding carboxylic acids is 2. The monoisotopic (exact) mass is 734 g/mol. The van der Waals surface area contributed by atoms with Crippen molar-refractivity contribution in [3.8, 4) is 11.5 Å². The van der Waals surface area contributed by atoms with Gasteiger partial charge in [0.2, 0.25) is 33.9 Å². The molecule has 13 heteroatoms. The van der Waals surface area contributed by atoms with Crippen LogP contribution >= 0.6 is 0 Å². The van der Waals surface area contributed by atoms with Crippen molar-refractivity contribution in [2.24, 2.45) is 0 Å². The van der Waals surface area contributed by atoms with E-state index < -0.39 is 45.9 Å². The lowest BCUT2D eigenvalue weighted by Gasteiger charge is -2.09. The Morgan fingerprint density at radius 3 is 1.94 bits per heavy atom. The van der Waals surface area contributed by atoms with Crippen molar-refractivity contribution in [2.75, 3.05) is 0 Å². The van der Waals surface area contributed by atoms with Gasteiger partial charge in [-0.2, -0.15) is 0 Å². The van der Waals surface area contributed by atoms with Gasteiger partial charge in [-0.05, 0) is 65.2 Å². The Morgan fingerprint density at radius 1 is 0.648 bits per heavy atom. The molecule has 0 bridgehead atoms. The van der Waals surface area contributed by atoms with E-state index in [0.29, 0.717) is 17.7 Å². The zero-order valence-corrected chi connectivity index (χ0v) is 27.9. The van der Waals surface area contributed by atoms with Crippen molar-refractivity contribution in [3.05, 3.63) is 211 Å². The summed E-state index contributed by atoms with van der Waals surface area (Å²) in [5.41, 5.74) is 0.801. The Bertz CT molecular complexity index is 2490. The molecule has 0 fully saturated rings. The van der Waals surface area contributed by atoms with Crippen LogP contribution < -0.4 is 15.6 Å². The minimum atomic E-state index is -1.20. The third kappa shape index (κ3) is 8.66. The van der Waals surface area contributed by atoms with E-state index in [1.165, 1.54) is 54.6 Å². The van der Waals surface area contributed by atoms with Crippen molar-refractivity contribution in [1.82, 2.24) is 0 Å². The Balaban J connectivity index is 0.000000193. The maximum absolute atomic E-state index is 13.1. The quantitative estimate of drug-likeness (QED) is 0.129. The molecule has 0 radical (unpaired) electrons. The summed E-state index contributed by atoms with van der Waals surface area (Å²) in [7, 11) is 0. The molecule has 2 N–H and O–H groups in total. The van der Waals surface area contributed by atoms with Crippen LogP contribution in [0.4, 0.5) is 8.78 Å². The van der Waals surface area contributed by atoms with Crippen molar-refractivity contribution in [3.63, 3.8) is 0 Å². The molecule has 1 unspecified atom stereocenters. The Labute approximate surface area is 303 Å². The molecule has 1 atom stereocenters. The summed E-state index contributed by atoms with van der Waals surface area (Å²) in [6.07, 6.45) is 1.30. The fourth-order valence-electron chi connectivity index (χ4n) is 5.05. The summed E-state index contributed by atoms with van der Waals surface area (Å²) in [5.74, 6) is -3.61. The van der Waals surface area contributed by atoms with Gasteiger partial charge in [0.25, 0.3) is 11.6 Å². The molecule has 0 aliphatic heterocycles. The summed E-state index contributed by atoms with van der Waals surface area (Å²) >= 11 is 0. The highest BCUT2D eigenvalue weighted by atomic mass is 19.1. The minimum absolute atomic E-state index is 0.0632. The second-order valence-corrected chi connectivity index (χ2v) is 11.6. The summed E-state index contributed by atoms with van der Waals surface area (Å²) in [6.45, 7) is 0.0720. The van der Waals surface area contributed by atoms with Crippen LogP contribution in [-0.2, 0) is 13.0 Å². The molecule has 0 aliphatic rings. The highest BCUT2D eigenvalue weighted by Gasteiger charge is 2.26. The topological polar surface area (TPSA) is 171 Å². The lowest BCUT2D eigenvalue weighted by molar-refractivity contribution is 0.0961. The fraction of sp³-hybridized carbons (Fsp3) is 0.0732. The van der Waals surface area contributed by atoms with Gasteiger partial charge in [0.05, 0.1) is 12.5 Å². The number of furan rings is 2. The van der Waals surface area contributed by atoms with Crippen LogP contribution in [0.1, 0.15) is 66.9 Å². The SMILES string of the molecule is O=C(c1ccc(C(O)c2ccc(F)cc2)o1)c1occc(=O)c1OCc1ccccc1.O=C(c1ccc(Cc2ccc(F)cc2)o1)c1occc(=O)c1O. The largest absolute Gasteiger partial charge is 0.501 e. The number of halogens is 2. The Hall–Kier alpha value is -7.12. The van der Waals surface area contributed by atoms with Gasteiger partial charge in [0.1, 0.15) is 35.9 Å². The molecule has 0 saturated heterocycles. The molecule has 4 aromatic heterocycles.